The van der Waals surface area contributed by atoms with Gasteiger partial charge in [0.05, 0.1) is 11.5 Å². The molecule has 1 aromatic carbocycles. The topological polar surface area (TPSA) is 88.8 Å². The van der Waals surface area contributed by atoms with Crippen molar-refractivity contribution < 1.29 is 22.4 Å². The van der Waals surface area contributed by atoms with Crippen molar-refractivity contribution in [1.82, 2.24) is 24.7 Å². The molecule has 1 amide bonds. The third-order valence-corrected chi connectivity index (χ3v) is 4.95. The summed E-state index contributed by atoms with van der Waals surface area (Å²) in [6.07, 6.45) is 0.669. The number of aromatic nitrogens is 5. The van der Waals surface area contributed by atoms with Crippen LogP contribution in [0.15, 0.2) is 43.2 Å². The van der Waals surface area contributed by atoms with Gasteiger partial charge >= 0.3 is 6.18 Å². The van der Waals surface area contributed by atoms with Gasteiger partial charge in [0.2, 0.25) is 5.91 Å². The van der Waals surface area contributed by atoms with E-state index < -0.39 is 29.4 Å². The Hall–Kier alpha value is -3.57. The second-order valence-electron chi connectivity index (χ2n) is 7.04. The number of hydrogen-bond donors (Lipinski definition) is 1. The highest BCUT2D eigenvalue weighted by atomic mass is 19.4. The second kappa shape index (κ2) is 8.28. The average molecular weight is 435 g/mol. The van der Waals surface area contributed by atoms with Gasteiger partial charge in [-0.05, 0) is 31.0 Å². The summed E-state index contributed by atoms with van der Waals surface area (Å²) in [5, 5.41) is 6.49. The lowest BCUT2D eigenvalue weighted by Crippen LogP contribution is -2.41. The quantitative estimate of drug-likeness (QED) is 0.634. The standard InChI is InChI=1S/C19H17F4N7O/c20-15-4-3-13(6-14(15)19(21,22)23)28-18(31)12-2-1-5-29(8-12)16-7-17(26-10-25-16)30-11-24-9-27-30/h3-4,6-7,9-12H,1-2,5,8H2,(H,28,31). The fourth-order valence-electron chi connectivity index (χ4n) is 3.43. The number of benzene rings is 1. The zero-order valence-electron chi connectivity index (χ0n) is 16.1. The number of carbonyl (C=O) groups excluding carboxylic acids is 1. The lowest BCUT2D eigenvalue weighted by atomic mass is 9.97. The number of nitrogens with zero attached hydrogens (tertiary/aromatic N) is 6. The molecule has 31 heavy (non-hydrogen) atoms. The van der Waals surface area contributed by atoms with Gasteiger partial charge in [-0.3, -0.25) is 4.79 Å². The van der Waals surface area contributed by atoms with Crippen LogP contribution in [0.5, 0.6) is 0 Å². The molecule has 12 heteroatoms. The molecule has 1 N–H and O–H groups in total. The maximum absolute atomic E-state index is 13.5. The van der Waals surface area contributed by atoms with Crippen molar-refractivity contribution in [2.75, 3.05) is 23.3 Å². The van der Waals surface area contributed by atoms with Gasteiger partial charge in [0.25, 0.3) is 0 Å². The van der Waals surface area contributed by atoms with Crippen molar-refractivity contribution >= 4 is 17.4 Å². The fraction of sp³-hybridized carbons (Fsp3) is 0.316. The Morgan fingerprint density at radius 3 is 2.68 bits per heavy atom. The number of amides is 1. The molecule has 1 saturated heterocycles. The summed E-state index contributed by atoms with van der Waals surface area (Å²) in [5.74, 6) is -1.19. The summed E-state index contributed by atoms with van der Waals surface area (Å²) < 4.78 is 53.7. The third kappa shape index (κ3) is 4.62. The summed E-state index contributed by atoms with van der Waals surface area (Å²) in [5.41, 5.74) is -1.52. The van der Waals surface area contributed by atoms with E-state index in [-0.39, 0.29) is 5.69 Å². The minimum Gasteiger partial charge on any atom is -0.356 e. The molecule has 0 aliphatic carbocycles. The van der Waals surface area contributed by atoms with Crippen LogP contribution in [0, 0.1) is 11.7 Å². The number of halogens is 4. The molecule has 4 rings (SSSR count). The highest BCUT2D eigenvalue weighted by Gasteiger charge is 2.34. The number of rotatable bonds is 4. The molecule has 1 aliphatic rings. The van der Waals surface area contributed by atoms with Gasteiger partial charge in [-0.2, -0.15) is 18.3 Å². The van der Waals surface area contributed by atoms with Crippen molar-refractivity contribution in [2.45, 2.75) is 19.0 Å². The Balaban J connectivity index is 1.47. The molecule has 8 nitrogen and oxygen atoms in total. The molecular formula is C19H17F4N7O. The van der Waals surface area contributed by atoms with Crippen molar-refractivity contribution in [3.63, 3.8) is 0 Å². The Labute approximate surface area is 173 Å². The lowest BCUT2D eigenvalue weighted by Gasteiger charge is -2.32. The number of anilines is 2. The van der Waals surface area contributed by atoms with Crippen LogP contribution in [-0.2, 0) is 11.0 Å². The van der Waals surface area contributed by atoms with Gasteiger partial charge in [0.1, 0.15) is 30.6 Å². The first-order valence-corrected chi connectivity index (χ1v) is 9.41. The van der Waals surface area contributed by atoms with Crippen molar-refractivity contribution in [2.24, 2.45) is 5.92 Å². The fourth-order valence-corrected chi connectivity index (χ4v) is 3.43. The molecule has 3 heterocycles. The van der Waals surface area contributed by atoms with E-state index in [2.05, 4.69) is 25.4 Å². The summed E-state index contributed by atoms with van der Waals surface area (Å²) in [6.45, 7) is 0.985. The molecule has 1 aliphatic heterocycles. The van der Waals surface area contributed by atoms with Gasteiger partial charge in [0, 0.05) is 24.8 Å². The molecule has 162 valence electrons. The Bertz CT molecular complexity index is 1070. The predicted molar refractivity (Wildman–Crippen MR) is 102 cm³/mol. The van der Waals surface area contributed by atoms with E-state index in [4.69, 9.17) is 0 Å². The third-order valence-electron chi connectivity index (χ3n) is 4.95. The number of piperidine rings is 1. The maximum atomic E-state index is 13.5. The highest BCUT2D eigenvalue weighted by molar-refractivity contribution is 5.93. The first kappa shape index (κ1) is 20.7. The van der Waals surface area contributed by atoms with Crippen LogP contribution in [0.3, 0.4) is 0 Å². The maximum Gasteiger partial charge on any atom is 0.419 e. The Kier molecular flexibility index (Phi) is 5.53. The zero-order chi connectivity index (χ0) is 22.0. The first-order valence-electron chi connectivity index (χ1n) is 9.41. The molecule has 0 bridgehead atoms. The number of hydrogen-bond acceptors (Lipinski definition) is 6. The van der Waals surface area contributed by atoms with Gasteiger partial charge in [0.15, 0.2) is 5.82 Å². The Morgan fingerprint density at radius 2 is 1.94 bits per heavy atom. The summed E-state index contributed by atoms with van der Waals surface area (Å²) in [4.78, 5) is 26.9. The van der Waals surface area contributed by atoms with Gasteiger partial charge in [-0.1, -0.05) is 0 Å². The molecule has 3 aromatic rings. The minimum absolute atomic E-state index is 0.105. The van der Waals surface area contributed by atoms with Crippen LogP contribution in [0.2, 0.25) is 0 Å². The van der Waals surface area contributed by atoms with E-state index >= 15 is 0 Å². The second-order valence-corrected chi connectivity index (χ2v) is 7.04. The molecule has 2 aromatic heterocycles. The van der Waals surface area contributed by atoms with Crippen LogP contribution >= 0.6 is 0 Å². The van der Waals surface area contributed by atoms with Crippen LogP contribution < -0.4 is 10.2 Å². The normalized spacial score (nSPS) is 16.9. The van der Waals surface area contributed by atoms with Gasteiger partial charge in [-0.15, -0.1) is 0 Å². The van der Waals surface area contributed by atoms with Crippen LogP contribution in [0.1, 0.15) is 18.4 Å². The molecule has 0 radical (unpaired) electrons. The highest BCUT2D eigenvalue weighted by Crippen LogP contribution is 2.33. The largest absolute Gasteiger partial charge is 0.419 e. The SMILES string of the molecule is O=C(Nc1ccc(F)c(C(F)(F)F)c1)C1CCCN(c2cc(-n3cncn3)ncn2)C1. The van der Waals surface area contributed by atoms with Crippen molar-refractivity contribution in [3.8, 4) is 5.82 Å². The van der Waals surface area contributed by atoms with Crippen LogP contribution in [0.25, 0.3) is 5.82 Å². The molecule has 1 atom stereocenters. The number of nitrogens with one attached hydrogen (secondary N) is 1. The predicted octanol–water partition coefficient (Wildman–Crippen LogP) is 3.07. The number of carbonyl (C=O) groups is 1. The van der Waals surface area contributed by atoms with E-state index in [1.54, 1.807) is 6.07 Å². The summed E-state index contributed by atoms with van der Waals surface area (Å²) in [7, 11) is 0. The molecule has 0 saturated carbocycles. The number of alkyl halides is 3. The smallest absolute Gasteiger partial charge is 0.356 e. The van der Waals surface area contributed by atoms with Crippen molar-refractivity contribution in [1.29, 1.82) is 0 Å². The Morgan fingerprint density at radius 1 is 1.13 bits per heavy atom. The van der Waals surface area contributed by atoms with Crippen LogP contribution in [-0.4, -0.2) is 43.7 Å². The van der Waals surface area contributed by atoms with E-state index in [1.165, 1.54) is 23.7 Å². The average Bonchev–Trinajstić information content (AvgIpc) is 3.29. The lowest BCUT2D eigenvalue weighted by molar-refractivity contribution is -0.140. The van der Waals surface area contributed by atoms with E-state index in [9.17, 15) is 22.4 Å². The van der Waals surface area contributed by atoms with E-state index in [0.717, 1.165) is 6.07 Å². The molecule has 0 spiro atoms. The zero-order valence-corrected chi connectivity index (χ0v) is 16.1. The van der Waals surface area contributed by atoms with E-state index in [0.29, 0.717) is 49.7 Å². The van der Waals surface area contributed by atoms with E-state index in [1.807, 2.05) is 4.90 Å². The molecule has 1 unspecified atom stereocenters. The molecular weight excluding hydrogens is 418 g/mol. The summed E-state index contributed by atoms with van der Waals surface area (Å²) in [6, 6.07) is 4.11. The first-order chi connectivity index (χ1) is 14.8. The van der Waals surface area contributed by atoms with Gasteiger partial charge < -0.3 is 10.2 Å². The summed E-state index contributed by atoms with van der Waals surface area (Å²) >= 11 is 0. The van der Waals surface area contributed by atoms with Gasteiger partial charge in [-0.25, -0.2) is 24.0 Å². The molecule has 1 fully saturated rings. The monoisotopic (exact) mass is 435 g/mol. The minimum atomic E-state index is -4.85. The van der Waals surface area contributed by atoms with Crippen LogP contribution in [0.4, 0.5) is 29.1 Å². The van der Waals surface area contributed by atoms with Crippen molar-refractivity contribution in [3.05, 3.63) is 54.6 Å².